The molecule has 37 heavy (non-hydrogen) atoms. The van der Waals surface area contributed by atoms with Gasteiger partial charge in [-0.2, -0.15) is 0 Å². The van der Waals surface area contributed by atoms with E-state index in [0.717, 1.165) is 52.4 Å². The standard InChI is InChI=1S/C31H27ClN2O3/c1-4-34(5-2)22-14-15-25-29(17-22)36-28-16-19(3)27(33-21-12-10-20(32)11-13-21)18-26(28)31(25)24-9-7-6-8-23(24)30(35)37-31/h6-18,33H,4-5H2,1-3H3. The zero-order chi connectivity index (χ0) is 25.7. The average Bonchev–Trinajstić information content (AvgIpc) is 3.20. The molecule has 2 aliphatic rings. The van der Waals surface area contributed by atoms with E-state index in [1.807, 2.05) is 73.7 Å². The molecule has 4 aromatic rings. The van der Waals surface area contributed by atoms with E-state index in [1.165, 1.54) is 0 Å². The van der Waals surface area contributed by atoms with Gasteiger partial charge in [0.15, 0.2) is 5.60 Å². The lowest BCUT2D eigenvalue weighted by Crippen LogP contribution is -2.33. The molecule has 2 aliphatic heterocycles. The van der Waals surface area contributed by atoms with Gasteiger partial charge in [-0.3, -0.25) is 0 Å². The van der Waals surface area contributed by atoms with Crippen LogP contribution < -0.4 is 15.0 Å². The Morgan fingerprint density at radius 2 is 1.59 bits per heavy atom. The Labute approximate surface area is 221 Å². The predicted molar refractivity (Wildman–Crippen MR) is 148 cm³/mol. The minimum Gasteiger partial charge on any atom is -0.456 e. The van der Waals surface area contributed by atoms with E-state index >= 15 is 0 Å². The Kier molecular flexibility index (Phi) is 5.61. The van der Waals surface area contributed by atoms with Crippen LogP contribution in [0.15, 0.2) is 78.9 Å². The second-order valence-electron chi connectivity index (χ2n) is 9.37. The fourth-order valence-corrected chi connectivity index (χ4v) is 5.54. The molecule has 4 aromatic carbocycles. The van der Waals surface area contributed by atoms with Gasteiger partial charge in [-0.05, 0) is 80.9 Å². The van der Waals surface area contributed by atoms with Crippen molar-refractivity contribution in [3.63, 3.8) is 0 Å². The number of hydrogen-bond donors (Lipinski definition) is 1. The van der Waals surface area contributed by atoms with Crippen molar-refractivity contribution in [2.45, 2.75) is 26.4 Å². The predicted octanol–water partition coefficient (Wildman–Crippen LogP) is 7.81. The SMILES string of the molecule is CCN(CC)c1ccc2c(c1)Oc1cc(C)c(Nc3ccc(Cl)cc3)cc1C21OC(=O)c2ccccc21. The number of esters is 1. The molecule has 1 spiro atoms. The van der Waals surface area contributed by atoms with E-state index in [9.17, 15) is 4.79 Å². The molecule has 0 aromatic heterocycles. The van der Waals surface area contributed by atoms with Gasteiger partial charge in [0.1, 0.15) is 11.5 Å². The number of anilines is 3. The number of carbonyl (C=O) groups excluding carboxylic acids is 1. The number of nitrogens with one attached hydrogen (secondary N) is 1. The van der Waals surface area contributed by atoms with E-state index in [2.05, 4.69) is 36.2 Å². The van der Waals surface area contributed by atoms with Gasteiger partial charge >= 0.3 is 5.97 Å². The van der Waals surface area contributed by atoms with Crippen molar-refractivity contribution in [1.82, 2.24) is 0 Å². The van der Waals surface area contributed by atoms with Crippen LogP contribution in [0, 0.1) is 6.92 Å². The molecule has 0 saturated carbocycles. The molecule has 0 aliphatic carbocycles. The first kappa shape index (κ1) is 23.4. The monoisotopic (exact) mass is 510 g/mol. The summed E-state index contributed by atoms with van der Waals surface area (Å²) < 4.78 is 12.9. The highest BCUT2D eigenvalue weighted by atomic mass is 35.5. The smallest absolute Gasteiger partial charge is 0.340 e. The highest BCUT2D eigenvalue weighted by Gasteiger charge is 2.53. The average molecular weight is 511 g/mol. The molecule has 1 unspecified atom stereocenters. The number of nitrogens with zero attached hydrogens (tertiary/aromatic N) is 1. The Morgan fingerprint density at radius 3 is 2.35 bits per heavy atom. The third kappa shape index (κ3) is 3.65. The van der Waals surface area contributed by atoms with Gasteiger partial charge in [0, 0.05) is 57.9 Å². The quantitative estimate of drug-likeness (QED) is 0.277. The zero-order valence-corrected chi connectivity index (χ0v) is 21.7. The number of hydrogen-bond acceptors (Lipinski definition) is 5. The fourth-order valence-electron chi connectivity index (χ4n) is 5.42. The topological polar surface area (TPSA) is 50.8 Å². The third-order valence-corrected chi connectivity index (χ3v) is 7.55. The number of halogens is 1. The summed E-state index contributed by atoms with van der Waals surface area (Å²) in [4.78, 5) is 15.5. The van der Waals surface area contributed by atoms with Gasteiger partial charge in [0.25, 0.3) is 0 Å². The number of carbonyl (C=O) groups is 1. The Balaban J connectivity index is 1.57. The maximum Gasteiger partial charge on any atom is 0.340 e. The van der Waals surface area contributed by atoms with Crippen LogP contribution in [0.3, 0.4) is 0 Å². The molecule has 0 radical (unpaired) electrons. The van der Waals surface area contributed by atoms with Crippen LogP contribution in [0.5, 0.6) is 11.5 Å². The van der Waals surface area contributed by atoms with Crippen LogP contribution in [0.4, 0.5) is 17.1 Å². The molecular formula is C31H27ClN2O3. The van der Waals surface area contributed by atoms with Gasteiger partial charge in [-0.25, -0.2) is 4.79 Å². The molecule has 6 rings (SSSR count). The summed E-state index contributed by atoms with van der Waals surface area (Å²) in [5.41, 5.74) is 5.76. The first-order chi connectivity index (χ1) is 17.9. The van der Waals surface area contributed by atoms with E-state index < -0.39 is 5.60 Å². The lowest BCUT2D eigenvalue weighted by molar-refractivity contribution is 0.0224. The van der Waals surface area contributed by atoms with Crippen LogP contribution in [-0.2, 0) is 10.3 Å². The van der Waals surface area contributed by atoms with Gasteiger partial charge in [0.2, 0.25) is 0 Å². The summed E-state index contributed by atoms with van der Waals surface area (Å²) in [6.07, 6.45) is 0. The maximum absolute atomic E-state index is 13.2. The van der Waals surface area contributed by atoms with Crippen molar-refractivity contribution >= 4 is 34.6 Å². The molecule has 2 heterocycles. The van der Waals surface area contributed by atoms with Crippen molar-refractivity contribution in [3.8, 4) is 11.5 Å². The number of aryl methyl sites for hydroxylation is 1. The number of benzene rings is 4. The van der Waals surface area contributed by atoms with Crippen molar-refractivity contribution in [2.24, 2.45) is 0 Å². The van der Waals surface area contributed by atoms with E-state index in [-0.39, 0.29) is 5.97 Å². The molecule has 186 valence electrons. The van der Waals surface area contributed by atoms with E-state index in [1.54, 1.807) is 0 Å². The summed E-state index contributed by atoms with van der Waals surface area (Å²) in [5, 5.41) is 4.17. The fraction of sp³-hybridized carbons (Fsp3) is 0.194. The number of fused-ring (bicyclic) bond motifs is 6. The normalized spacial score (nSPS) is 16.9. The lowest BCUT2D eigenvalue weighted by Gasteiger charge is -2.37. The second kappa shape index (κ2) is 8.86. The molecular weight excluding hydrogens is 484 g/mol. The molecule has 0 fully saturated rings. The van der Waals surface area contributed by atoms with E-state index in [0.29, 0.717) is 22.1 Å². The molecule has 0 amide bonds. The van der Waals surface area contributed by atoms with Gasteiger partial charge in [-0.15, -0.1) is 0 Å². The van der Waals surface area contributed by atoms with Gasteiger partial charge in [-0.1, -0.05) is 29.8 Å². The molecule has 1 atom stereocenters. The minimum absolute atomic E-state index is 0.338. The minimum atomic E-state index is -1.11. The molecule has 1 N–H and O–H groups in total. The summed E-state index contributed by atoms with van der Waals surface area (Å²) in [5.74, 6) is 1.03. The molecule has 0 saturated heterocycles. The summed E-state index contributed by atoms with van der Waals surface area (Å²) >= 11 is 6.09. The van der Waals surface area contributed by atoms with Crippen molar-refractivity contribution in [1.29, 1.82) is 0 Å². The van der Waals surface area contributed by atoms with E-state index in [4.69, 9.17) is 21.1 Å². The summed E-state index contributed by atoms with van der Waals surface area (Å²) in [6.45, 7) is 8.06. The highest BCUT2D eigenvalue weighted by Crippen LogP contribution is 2.57. The Bertz CT molecular complexity index is 1530. The second-order valence-corrected chi connectivity index (χ2v) is 9.80. The van der Waals surface area contributed by atoms with Crippen LogP contribution in [0.25, 0.3) is 0 Å². The molecule has 6 heteroatoms. The zero-order valence-electron chi connectivity index (χ0n) is 21.0. The lowest BCUT2D eigenvalue weighted by atomic mass is 9.77. The van der Waals surface area contributed by atoms with Gasteiger partial charge < -0.3 is 19.7 Å². The maximum atomic E-state index is 13.2. The number of rotatable bonds is 5. The molecule has 0 bridgehead atoms. The Hall–Kier alpha value is -3.96. The van der Waals surface area contributed by atoms with Crippen LogP contribution >= 0.6 is 11.6 Å². The van der Waals surface area contributed by atoms with Crippen molar-refractivity contribution < 1.29 is 14.3 Å². The third-order valence-electron chi connectivity index (χ3n) is 7.29. The van der Waals surface area contributed by atoms with Crippen molar-refractivity contribution in [3.05, 3.63) is 112 Å². The Morgan fingerprint density at radius 1 is 0.865 bits per heavy atom. The largest absolute Gasteiger partial charge is 0.456 e. The van der Waals surface area contributed by atoms with Crippen LogP contribution in [0.1, 0.15) is 46.5 Å². The first-order valence-electron chi connectivity index (χ1n) is 12.5. The van der Waals surface area contributed by atoms with Gasteiger partial charge in [0.05, 0.1) is 5.56 Å². The highest BCUT2D eigenvalue weighted by molar-refractivity contribution is 6.30. The number of ether oxygens (including phenoxy) is 2. The van der Waals surface area contributed by atoms with Crippen LogP contribution in [0.2, 0.25) is 5.02 Å². The molecule has 5 nitrogen and oxygen atoms in total. The first-order valence-corrected chi connectivity index (χ1v) is 12.9. The summed E-state index contributed by atoms with van der Waals surface area (Å²) in [6, 6.07) is 25.4. The van der Waals surface area contributed by atoms with Crippen molar-refractivity contribution in [2.75, 3.05) is 23.3 Å². The van der Waals surface area contributed by atoms with Crippen LogP contribution in [-0.4, -0.2) is 19.1 Å². The summed E-state index contributed by atoms with van der Waals surface area (Å²) in [7, 11) is 0.